The van der Waals surface area contributed by atoms with Crippen LogP contribution in [0.15, 0.2) is 72.8 Å². The van der Waals surface area contributed by atoms with E-state index in [9.17, 15) is 19.2 Å². The van der Waals surface area contributed by atoms with Crippen LogP contribution in [0.2, 0.25) is 0 Å². The van der Waals surface area contributed by atoms with E-state index in [4.69, 9.17) is 4.74 Å². The minimum absolute atomic E-state index is 0.0708. The molecular formula is C28H26N2O5. The van der Waals surface area contributed by atoms with Gasteiger partial charge in [0, 0.05) is 12.1 Å². The van der Waals surface area contributed by atoms with Crippen LogP contribution >= 0.6 is 0 Å². The number of esters is 1. The molecule has 5 aliphatic rings. The normalized spacial score (nSPS) is 30.5. The van der Waals surface area contributed by atoms with E-state index in [-0.39, 0.29) is 30.1 Å². The molecule has 2 saturated carbocycles. The fourth-order valence-corrected chi connectivity index (χ4v) is 6.36. The van der Waals surface area contributed by atoms with E-state index in [2.05, 4.69) is 17.5 Å². The molecule has 7 atom stereocenters. The molecule has 3 fully saturated rings. The Kier molecular flexibility index (Phi) is 5.28. The molecule has 1 heterocycles. The number of amides is 3. The summed E-state index contributed by atoms with van der Waals surface area (Å²) in [6.07, 6.45) is 5.43. The largest absolute Gasteiger partial charge is 0.454 e. The number of likely N-dealkylation sites (tertiary alicyclic amines) is 1. The molecule has 7 heteroatoms. The van der Waals surface area contributed by atoms with Crippen LogP contribution < -0.4 is 5.32 Å². The van der Waals surface area contributed by atoms with Gasteiger partial charge in [-0.15, -0.1) is 0 Å². The number of allylic oxidation sites excluding steroid dienone is 2. The molecule has 0 aromatic heterocycles. The van der Waals surface area contributed by atoms with Crippen molar-refractivity contribution >= 4 is 29.4 Å². The molecule has 2 aromatic carbocycles. The minimum Gasteiger partial charge on any atom is -0.454 e. The first-order valence-electron chi connectivity index (χ1n) is 12.1. The van der Waals surface area contributed by atoms with E-state index in [0.717, 1.165) is 16.9 Å². The molecule has 1 N–H and O–H groups in total. The zero-order valence-electron chi connectivity index (χ0n) is 19.1. The van der Waals surface area contributed by atoms with E-state index < -0.39 is 36.4 Å². The standard InChI is InChI=1S/C28H26N2O5/c31-23(29-17-9-5-2-6-10-17)15-35-28(34)22(13-16-7-3-1-4-8-16)30-26(32)24-18-11-12-19(21-14-20(18)21)25(24)27(30)33/h1-12,18-22,24-25H,13-15H2,(H,29,31)/t18-,19-,20-,21-,22-,24-,25+/m0/s1. The van der Waals surface area contributed by atoms with Gasteiger partial charge in [0.05, 0.1) is 11.8 Å². The molecular weight excluding hydrogens is 444 g/mol. The molecule has 2 bridgehead atoms. The predicted octanol–water partition coefficient (Wildman–Crippen LogP) is 2.83. The van der Waals surface area contributed by atoms with Crippen molar-refractivity contribution in [2.45, 2.75) is 18.9 Å². The molecule has 0 radical (unpaired) electrons. The molecule has 7 rings (SSSR count). The van der Waals surface area contributed by atoms with E-state index in [1.165, 1.54) is 0 Å². The Balaban J connectivity index is 1.22. The van der Waals surface area contributed by atoms with Crippen molar-refractivity contribution in [1.29, 1.82) is 0 Å². The summed E-state index contributed by atoms with van der Waals surface area (Å²) in [5, 5.41) is 2.67. The van der Waals surface area contributed by atoms with Crippen molar-refractivity contribution in [1.82, 2.24) is 4.90 Å². The topological polar surface area (TPSA) is 92.8 Å². The number of hydrogen-bond acceptors (Lipinski definition) is 5. The van der Waals surface area contributed by atoms with Gasteiger partial charge in [0.15, 0.2) is 6.61 Å². The Bertz CT molecular complexity index is 1170. The monoisotopic (exact) mass is 470 g/mol. The number of benzene rings is 2. The van der Waals surface area contributed by atoms with Gasteiger partial charge in [-0.05, 0) is 47.8 Å². The van der Waals surface area contributed by atoms with Crippen molar-refractivity contribution in [3.05, 3.63) is 78.4 Å². The SMILES string of the molecule is O=C(COC(=O)[C@H](Cc1ccccc1)N1C(=O)[C@@H]2[C@H]3C=C[C@@H]([C@@H]4C[C@@H]34)[C@@H]2C1=O)Nc1ccccc1. The molecule has 178 valence electrons. The second kappa shape index (κ2) is 8.48. The summed E-state index contributed by atoms with van der Waals surface area (Å²) in [4.78, 5) is 54.0. The molecule has 1 aliphatic heterocycles. The zero-order valence-corrected chi connectivity index (χ0v) is 19.1. The summed E-state index contributed by atoms with van der Waals surface area (Å²) in [5.41, 5.74) is 1.40. The summed E-state index contributed by atoms with van der Waals surface area (Å²) in [7, 11) is 0. The van der Waals surface area contributed by atoms with Gasteiger partial charge >= 0.3 is 5.97 Å². The zero-order chi connectivity index (χ0) is 24.1. The second-order valence-electron chi connectivity index (χ2n) is 9.93. The number of ether oxygens (including phenoxy) is 1. The Morgan fingerprint density at radius 3 is 2.06 bits per heavy atom. The van der Waals surface area contributed by atoms with Gasteiger partial charge in [0.2, 0.25) is 11.8 Å². The van der Waals surface area contributed by atoms with Crippen LogP contribution in [0, 0.1) is 35.5 Å². The summed E-state index contributed by atoms with van der Waals surface area (Å²) >= 11 is 0. The summed E-state index contributed by atoms with van der Waals surface area (Å²) in [6.45, 7) is -0.501. The van der Waals surface area contributed by atoms with Crippen LogP contribution in [0.5, 0.6) is 0 Å². The van der Waals surface area contributed by atoms with Crippen molar-refractivity contribution < 1.29 is 23.9 Å². The predicted molar refractivity (Wildman–Crippen MR) is 127 cm³/mol. The van der Waals surface area contributed by atoms with Gasteiger partial charge in [-0.3, -0.25) is 19.3 Å². The average Bonchev–Trinajstić information content (AvgIpc) is 3.66. The number of nitrogens with one attached hydrogen (secondary N) is 1. The van der Waals surface area contributed by atoms with Gasteiger partial charge in [-0.25, -0.2) is 4.79 Å². The Morgan fingerprint density at radius 2 is 1.46 bits per heavy atom. The smallest absolute Gasteiger partial charge is 0.330 e. The minimum atomic E-state index is -1.11. The highest BCUT2D eigenvalue weighted by Crippen LogP contribution is 2.65. The number of carbonyl (C=O) groups excluding carboxylic acids is 4. The fourth-order valence-electron chi connectivity index (χ4n) is 6.36. The summed E-state index contributed by atoms with van der Waals surface area (Å²) in [5.74, 6) is -1.49. The Labute approximate surface area is 203 Å². The maximum Gasteiger partial charge on any atom is 0.330 e. The lowest BCUT2D eigenvalue weighted by molar-refractivity contribution is -0.160. The summed E-state index contributed by atoms with van der Waals surface area (Å²) in [6, 6.07) is 17.0. The lowest BCUT2D eigenvalue weighted by Gasteiger charge is -2.37. The van der Waals surface area contributed by atoms with E-state index >= 15 is 0 Å². The second-order valence-corrected chi connectivity index (χ2v) is 9.93. The highest BCUT2D eigenvalue weighted by molar-refractivity contribution is 6.09. The Morgan fingerprint density at radius 1 is 0.886 bits per heavy atom. The van der Waals surface area contributed by atoms with Crippen LogP contribution in [0.25, 0.3) is 0 Å². The molecule has 0 unspecified atom stereocenters. The number of carbonyl (C=O) groups is 4. The van der Waals surface area contributed by atoms with E-state index in [1.54, 1.807) is 24.3 Å². The lowest BCUT2D eigenvalue weighted by atomic mass is 9.63. The van der Waals surface area contributed by atoms with Gasteiger partial charge in [-0.1, -0.05) is 60.7 Å². The third kappa shape index (κ3) is 3.75. The van der Waals surface area contributed by atoms with E-state index in [0.29, 0.717) is 17.5 Å². The van der Waals surface area contributed by atoms with Gasteiger partial charge < -0.3 is 10.1 Å². The first-order chi connectivity index (χ1) is 17.0. The first kappa shape index (κ1) is 21.8. The van der Waals surface area contributed by atoms with Gasteiger partial charge in [-0.2, -0.15) is 0 Å². The molecule has 4 aliphatic carbocycles. The molecule has 35 heavy (non-hydrogen) atoms. The van der Waals surface area contributed by atoms with Crippen LogP contribution in [0.4, 0.5) is 5.69 Å². The molecule has 2 aromatic rings. The van der Waals surface area contributed by atoms with Crippen LogP contribution in [0.3, 0.4) is 0 Å². The quantitative estimate of drug-likeness (QED) is 0.382. The van der Waals surface area contributed by atoms with Crippen LogP contribution in [0.1, 0.15) is 12.0 Å². The summed E-state index contributed by atoms with van der Waals surface area (Å²) < 4.78 is 5.36. The Hall–Kier alpha value is -3.74. The van der Waals surface area contributed by atoms with Crippen LogP contribution in [-0.4, -0.2) is 41.2 Å². The van der Waals surface area contributed by atoms with Gasteiger partial charge in [0.25, 0.3) is 5.91 Å². The average molecular weight is 471 g/mol. The van der Waals surface area contributed by atoms with Crippen molar-refractivity contribution in [2.75, 3.05) is 11.9 Å². The van der Waals surface area contributed by atoms with E-state index in [1.807, 2.05) is 36.4 Å². The molecule has 1 saturated heterocycles. The molecule has 3 amide bonds. The maximum atomic E-state index is 13.6. The third-order valence-corrected chi connectivity index (χ3v) is 7.96. The highest BCUT2D eigenvalue weighted by atomic mass is 16.5. The fraction of sp³-hybridized carbons (Fsp3) is 0.357. The molecule has 0 spiro atoms. The number of anilines is 1. The van der Waals surface area contributed by atoms with Crippen LogP contribution in [-0.2, 0) is 30.3 Å². The third-order valence-electron chi connectivity index (χ3n) is 7.96. The number of rotatable bonds is 7. The number of imide groups is 1. The van der Waals surface area contributed by atoms with Crippen molar-refractivity contribution in [2.24, 2.45) is 35.5 Å². The van der Waals surface area contributed by atoms with Crippen molar-refractivity contribution in [3.63, 3.8) is 0 Å². The maximum absolute atomic E-state index is 13.6. The first-order valence-corrected chi connectivity index (χ1v) is 12.1. The van der Waals surface area contributed by atoms with Gasteiger partial charge in [0.1, 0.15) is 6.04 Å². The highest BCUT2D eigenvalue weighted by Gasteiger charge is 2.68. The number of nitrogens with zero attached hydrogens (tertiary/aromatic N) is 1. The molecule has 7 nitrogen and oxygen atoms in total. The number of para-hydroxylation sites is 1. The van der Waals surface area contributed by atoms with Crippen molar-refractivity contribution in [3.8, 4) is 0 Å². The lowest BCUT2D eigenvalue weighted by Crippen LogP contribution is -2.48. The number of hydrogen-bond donors (Lipinski definition) is 1.